The molecule has 0 aliphatic carbocycles. The van der Waals surface area contributed by atoms with Gasteiger partial charge in [-0.15, -0.1) is 23.5 Å². The van der Waals surface area contributed by atoms with Gasteiger partial charge in [-0.3, -0.25) is 0 Å². The molecular formula is C10H13ClN2S2. The normalized spacial score (nSPS) is 16.5. The van der Waals surface area contributed by atoms with Crippen LogP contribution < -0.4 is 0 Å². The summed E-state index contributed by atoms with van der Waals surface area (Å²) in [7, 11) is 0. The van der Waals surface area contributed by atoms with E-state index < -0.39 is 0 Å². The first kappa shape index (κ1) is 11.6. The number of aromatic nitrogens is 2. The summed E-state index contributed by atoms with van der Waals surface area (Å²) in [6.07, 6.45) is 2.17. The van der Waals surface area contributed by atoms with Crippen LogP contribution in [0.4, 0.5) is 0 Å². The summed E-state index contributed by atoms with van der Waals surface area (Å²) in [4.78, 5) is 9.85. The quantitative estimate of drug-likeness (QED) is 0.471. The molecule has 2 heterocycles. The summed E-state index contributed by atoms with van der Waals surface area (Å²) in [6, 6.07) is 0. The Balaban J connectivity index is 2.30. The molecule has 0 N–H and O–H groups in total. The average Bonchev–Trinajstić information content (AvgIpc) is 2.65. The van der Waals surface area contributed by atoms with E-state index in [1.165, 1.54) is 4.90 Å². The molecule has 0 aromatic carbocycles. The molecule has 0 bridgehead atoms. The Morgan fingerprint density at radius 3 is 3.07 bits per heavy atom. The fourth-order valence-electron chi connectivity index (χ4n) is 1.36. The van der Waals surface area contributed by atoms with Crippen molar-refractivity contribution < 1.29 is 0 Å². The van der Waals surface area contributed by atoms with Gasteiger partial charge in [-0.05, 0) is 18.0 Å². The Bertz CT molecular complexity index is 371. The maximum atomic E-state index is 5.91. The molecule has 2 nitrogen and oxygen atoms in total. The van der Waals surface area contributed by atoms with Crippen LogP contribution in [-0.4, -0.2) is 21.0 Å². The number of halogens is 1. The fraction of sp³-hybridized carbons (Fsp3) is 0.600. The van der Waals surface area contributed by atoms with Gasteiger partial charge in [0.05, 0.1) is 10.6 Å². The van der Waals surface area contributed by atoms with Crippen LogP contribution >= 0.6 is 35.1 Å². The summed E-state index contributed by atoms with van der Waals surface area (Å²) < 4.78 is 0. The van der Waals surface area contributed by atoms with Gasteiger partial charge in [0.1, 0.15) is 5.03 Å². The van der Waals surface area contributed by atoms with Gasteiger partial charge in [-0.1, -0.05) is 13.8 Å². The molecule has 0 fully saturated rings. The minimum absolute atomic E-state index is 0.391. The highest BCUT2D eigenvalue weighted by Gasteiger charge is 2.20. The molecule has 0 amide bonds. The zero-order chi connectivity index (χ0) is 10.8. The highest BCUT2D eigenvalue weighted by Crippen LogP contribution is 2.39. The van der Waals surface area contributed by atoms with Crippen molar-refractivity contribution in [3.63, 3.8) is 0 Å². The van der Waals surface area contributed by atoms with Crippen LogP contribution in [0.15, 0.2) is 9.92 Å². The molecule has 1 aliphatic rings. The van der Waals surface area contributed by atoms with Crippen LogP contribution in [0.3, 0.4) is 0 Å². The lowest BCUT2D eigenvalue weighted by Gasteiger charge is -2.10. The Kier molecular flexibility index (Phi) is 3.80. The standard InChI is InChI=1S/C10H13ClN2S2/c1-3-6(2)15-9-8-7(4-5-14-8)12-10(11)13-9/h6H,3-5H2,1-2H3. The molecule has 82 valence electrons. The third-order valence-corrected chi connectivity index (χ3v) is 5.03. The Morgan fingerprint density at radius 1 is 1.53 bits per heavy atom. The van der Waals surface area contributed by atoms with E-state index in [2.05, 4.69) is 23.8 Å². The summed E-state index contributed by atoms with van der Waals surface area (Å²) in [5.41, 5.74) is 1.13. The van der Waals surface area contributed by atoms with Gasteiger partial charge in [-0.25, -0.2) is 9.97 Å². The molecule has 0 saturated carbocycles. The Morgan fingerprint density at radius 2 is 2.33 bits per heavy atom. The number of hydrogen-bond donors (Lipinski definition) is 0. The number of fused-ring (bicyclic) bond motifs is 1. The summed E-state index contributed by atoms with van der Waals surface area (Å²) in [5, 5.41) is 2.05. The van der Waals surface area contributed by atoms with Gasteiger partial charge >= 0.3 is 0 Å². The van der Waals surface area contributed by atoms with Crippen LogP contribution in [0, 0.1) is 0 Å². The monoisotopic (exact) mass is 260 g/mol. The van der Waals surface area contributed by atoms with E-state index >= 15 is 0 Å². The minimum atomic E-state index is 0.391. The highest BCUT2D eigenvalue weighted by atomic mass is 35.5. The predicted octanol–water partition coefficient (Wildman–Crippen LogP) is 3.67. The molecule has 1 unspecified atom stereocenters. The van der Waals surface area contributed by atoms with Crippen LogP contribution in [0.5, 0.6) is 0 Å². The lowest BCUT2D eigenvalue weighted by atomic mass is 10.3. The fourth-order valence-corrected chi connectivity index (χ4v) is 3.82. The Labute approximate surface area is 104 Å². The maximum absolute atomic E-state index is 5.91. The van der Waals surface area contributed by atoms with E-state index in [1.807, 2.05) is 11.8 Å². The summed E-state index contributed by atoms with van der Waals surface area (Å²) >= 11 is 9.57. The van der Waals surface area contributed by atoms with Gasteiger partial charge in [0.25, 0.3) is 0 Å². The molecule has 0 spiro atoms. The molecule has 15 heavy (non-hydrogen) atoms. The van der Waals surface area contributed by atoms with E-state index in [4.69, 9.17) is 11.6 Å². The van der Waals surface area contributed by atoms with Gasteiger partial charge in [0.2, 0.25) is 5.28 Å². The molecule has 1 aliphatic heterocycles. The smallest absolute Gasteiger partial charge is 0.222 e. The zero-order valence-electron chi connectivity index (χ0n) is 8.79. The van der Waals surface area contributed by atoms with Crippen molar-refractivity contribution >= 4 is 35.1 Å². The molecule has 0 saturated heterocycles. The van der Waals surface area contributed by atoms with Crippen molar-refractivity contribution in [2.75, 3.05) is 5.75 Å². The van der Waals surface area contributed by atoms with Crippen molar-refractivity contribution in [3.05, 3.63) is 11.0 Å². The van der Waals surface area contributed by atoms with E-state index in [9.17, 15) is 0 Å². The third-order valence-electron chi connectivity index (χ3n) is 2.35. The average molecular weight is 261 g/mol. The predicted molar refractivity (Wildman–Crippen MR) is 67.1 cm³/mol. The largest absolute Gasteiger partial charge is 0.223 e. The molecule has 1 aromatic rings. The summed E-state index contributed by atoms with van der Waals surface area (Å²) in [6.45, 7) is 4.40. The van der Waals surface area contributed by atoms with Crippen LogP contribution in [0.25, 0.3) is 0 Å². The van der Waals surface area contributed by atoms with Gasteiger partial charge in [-0.2, -0.15) is 0 Å². The van der Waals surface area contributed by atoms with E-state index in [0.717, 1.165) is 29.3 Å². The molecule has 5 heteroatoms. The lowest BCUT2D eigenvalue weighted by Crippen LogP contribution is -1.98. The summed E-state index contributed by atoms with van der Waals surface area (Å²) in [5.74, 6) is 1.11. The molecule has 1 atom stereocenters. The Hall–Kier alpha value is 0.0700. The van der Waals surface area contributed by atoms with Gasteiger partial charge < -0.3 is 0 Å². The molecule has 2 rings (SSSR count). The molecular weight excluding hydrogens is 248 g/mol. The first-order chi connectivity index (χ1) is 7.20. The topological polar surface area (TPSA) is 25.8 Å². The molecule has 0 radical (unpaired) electrons. The van der Waals surface area contributed by atoms with Crippen LogP contribution in [-0.2, 0) is 6.42 Å². The number of rotatable bonds is 3. The van der Waals surface area contributed by atoms with Crippen LogP contribution in [0.1, 0.15) is 26.0 Å². The van der Waals surface area contributed by atoms with Crippen molar-refractivity contribution in [3.8, 4) is 0 Å². The van der Waals surface area contributed by atoms with Crippen molar-refractivity contribution in [2.45, 2.75) is 41.9 Å². The zero-order valence-corrected chi connectivity index (χ0v) is 11.2. The van der Waals surface area contributed by atoms with Crippen molar-refractivity contribution in [1.29, 1.82) is 0 Å². The maximum Gasteiger partial charge on any atom is 0.223 e. The number of hydrogen-bond acceptors (Lipinski definition) is 4. The number of thioether (sulfide) groups is 2. The SMILES string of the molecule is CCC(C)Sc1nc(Cl)nc2c1SCC2. The second kappa shape index (κ2) is 4.93. The second-order valence-corrected chi connectivity index (χ2v) is 6.38. The number of nitrogens with zero attached hydrogens (tertiary/aromatic N) is 2. The lowest BCUT2D eigenvalue weighted by molar-refractivity contribution is 0.868. The van der Waals surface area contributed by atoms with Gasteiger partial charge in [0.15, 0.2) is 0 Å². The minimum Gasteiger partial charge on any atom is -0.222 e. The first-order valence-corrected chi connectivity index (χ1v) is 7.31. The first-order valence-electron chi connectivity index (χ1n) is 5.06. The highest BCUT2D eigenvalue weighted by molar-refractivity contribution is 8.02. The number of aryl methyl sites for hydroxylation is 1. The van der Waals surface area contributed by atoms with E-state index in [0.29, 0.717) is 10.5 Å². The van der Waals surface area contributed by atoms with Gasteiger partial charge in [0, 0.05) is 17.4 Å². The molecule has 1 aromatic heterocycles. The van der Waals surface area contributed by atoms with Crippen molar-refractivity contribution in [2.24, 2.45) is 0 Å². The second-order valence-electron chi connectivity index (χ2n) is 3.51. The van der Waals surface area contributed by atoms with Crippen LogP contribution in [0.2, 0.25) is 5.28 Å². The third kappa shape index (κ3) is 2.60. The van der Waals surface area contributed by atoms with E-state index in [-0.39, 0.29) is 0 Å². The van der Waals surface area contributed by atoms with E-state index in [1.54, 1.807) is 11.8 Å². The van der Waals surface area contributed by atoms with Crippen molar-refractivity contribution in [1.82, 2.24) is 9.97 Å².